The van der Waals surface area contributed by atoms with Gasteiger partial charge in [-0.15, -0.1) is 0 Å². The number of carbonyl (C=O) groups is 2. The molecule has 19 heavy (non-hydrogen) atoms. The maximum atomic E-state index is 11.8. The molecule has 0 radical (unpaired) electrons. The van der Waals surface area contributed by atoms with Gasteiger partial charge in [-0.2, -0.15) is 0 Å². The summed E-state index contributed by atoms with van der Waals surface area (Å²) in [6.45, 7) is 2.15. The number of urea groups is 1. The summed E-state index contributed by atoms with van der Waals surface area (Å²) in [5.74, 6) is 0.305. The first-order chi connectivity index (χ1) is 9.02. The molecule has 0 aliphatic heterocycles. The van der Waals surface area contributed by atoms with Gasteiger partial charge in [-0.3, -0.25) is 4.79 Å². The van der Waals surface area contributed by atoms with Gasteiger partial charge < -0.3 is 24.5 Å². The zero-order valence-corrected chi connectivity index (χ0v) is 11.0. The van der Waals surface area contributed by atoms with E-state index in [-0.39, 0.29) is 26.2 Å². The van der Waals surface area contributed by atoms with Crippen LogP contribution in [0.2, 0.25) is 0 Å². The fourth-order valence-corrected chi connectivity index (χ4v) is 1.47. The van der Waals surface area contributed by atoms with Crippen LogP contribution in [-0.2, 0) is 16.1 Å². The average molecular weight is 270 g/mol. The highest BCUT2D eigenvalue weighted by Crippen LogP contribution is 2.05. The van der Waals surface area contributed by atoms with E-state index in [1.54, 1.807) is 19.1 Å². The van der Waals surface area contributed by atoms with Crippen LogP contribution in [0, 0.1) is 6.92 Å². The Balaban J connectivity index is 2.48. The molecule has 1 aromatic rings. The lowest BCUT2D eigenvalue weighted by Gasteiger charge is -2.20. The molecule has 1 heterocycles. The van der Waals surface area contributed by atoms with Gasteiger partial charge in [0.25, 0.3) is 0 Å². The van der Waals surface area contributed by atoms with E-state index in [0.717, 1.165) is 5.76 Å². The van der Waals surface area contributed by atoms with Crippen molar-refractivity contribution >= 4 is 12.0 Å². The van der Waals surface area contributed by atoms with Gasteiger partial charge in [0.15, 0.2) is 0 Å². The van der Waals surface area contributed by atoms with Crippen LogP contribution >= 0.6 is 0 Å². The first kappa shape index (κ1) is 15.0. The molecule has 106 valence electrons. The number of aliphatic carboxylic acids is 1. The summed E-state index contributed by atoms with van der Waals surface area (Å²) in [6.07, 6.45) is 0. The molecule has 0 saturated heterocycles. The maximum absolute atomic E-state index is 11.8. The number of nitrogens with one attached hydrogen (secondary N) is 1. The van der Waals surface area contributed by atoms with Gasteiger partial charge in [0, 0.05) is 13.7 Å². The fourth-order valence-electron chi connectivity index (χ4n) is 1.47. The van der Waals surface area contributed by atoms with Crippen LogP contribution in [0.15, 0.2) is 16.5 Å². The minimum Gasteiger partial charge on any atom is -0.480 e. The molecular formula is C12H18N2O5. The van der Waals surface area contributed by atoms with Crippen molar-refractivity contribution in [2.24, 2.45) is 0 Å². The molecular weight excluding hydrogens is 252 g/mol. The Morgan fingerprint density at radius 1 is 1.47 bits per heavy atom. The van der Waals surface area contributed by atoms with Gasteiger partial charge in [-0.05, 0) is 19.1 Å². The zero-order valence-electron chi connectivity index (χ0n) is 11.0. The van der Waals surface area contributed by atoms with Crippen molar-refractivity contribution < 1.29 is 23.8 Å². The first-order valence-corrected chi connectivity index (χ1v) is 5.81. The normalized spacial score (nSPS) is 10.2. The van der Waals surface area contributed by atoms with Crippen molar-refractivity contribution in [2.75, 3.05) is 26.8 Å². The van der Waals surface area contributed by atoms with Crippen LogP contribution < -0.4 is 5.32 Å². The smallest absolute Gasteiger partial charge is 0.323 e. The molecule has 0 atom stereocenters. The van der Waals surface area contributed by atoms with E-state index in [4.69, 9.17) is 14.3 Å². The van der Waals surface area contributed by atoms with Crippen molar-refractivity contribution in [3.8, 4) is 0 Å². The molecule has 2 amide bonds. The van der Waals surface area contributed by atoms with Crippen LogP contribution in [-0.4, -0.2) is 48.8 Å². The maximum Gasteiger partial charge on any atom is 0.323 e. The number of carbonyl (C=O) groups excluding carboxylic acids is 1. The lowest BCUT2D eigenvalue weighted by molar-refractivity contribution is -0.137. The number of methoxy groups -OCH3 is 1. The van der Waals surface area contributed by atoms with Gasteiger partial charge in [-0.1, -0.05) is 0 Å². The second-order valence-electron chi connectivity index (χ2n) is 3.98. The SMILES string of the molecule is COCCN(CC(=O)O)C(=O)NCc1ccc(C)o1. The van der Waals surface area contributed by atoms with E-state index in [9.17, 15) is 9.59 Å². The summed E-state index contributed by atoms with van der Waals surface area (Å²) in [7, 11) is 1.49. The summed E-state index contributed by atoms with van der Waals surface area (Å²) < 4.78 is 10.1. The Morgan fingerprint density at radius 3 is 2.74 bits per heavy atom. The monoisotopic (exact) mass is 270 g/mol. The van der Waals surface area contributed by atoms with Crippen LogP contribution in [0.5, 0.6) is 0 Å². The molecule has 7 heteroatoms. The largest absolute Gasteiger partial charge is 0.480 e. The molecule has 2 N–H and O–H groups in total. The summed E-state index contributed by atoms with van der Waals surface area (Å²) in [5.41, 5.74) is 0. The van der Waals surface area contributed by atoms with Crippen LogP contribution in [0.25, 0.3) is 0 Å². The molecule has 0 spiro atoms. The summed E-state index contributed by atoms with van der Waals surface area (Å²) >= 11 is 0. The van der Waals surface area contributed by atoms with Gasteiger partial charge >= 0.3 is 12.0 Å². The molecule has 0 aliphatic rings. The highest BCUT2D eigenvalue weighted by atomic mass is 16.5. The number of furan rings is 1. The van der Waals surface area contributed by atoms with E-state index in [1.807, 2.05) is 0 Å². The summed E-state index contributed by atoms with van der Waals surface area (Å²) in [6, 6.07) is 3.08. The molecule has 0 saturated carbocycles. The molecule has 1 aromatic heterocycles. The minimum absolute atomic E-state index is 0.214. The van der Waals surface area contributed by atoms with Crippen molar-refractivity contribution in [1.29, 1.82) is 0 Å². The van der Waals surface area contributed by atoms with E-state index in [0.29, 0.717) is 5.76 Å². The van der Waals surface area contributed by atoms with E-state index in [2.05, 4.69) is 5.32 Å². The third-order valence-corrected chi connectivity index (χ3v) is 2.39. The number of amides is 2. The number of carboxylic acid groups (broad SMARTS) is 1. The number of ether oxygens (including phenoxy) is 1. The van der Waals surface area contributed by atoms with Crippen LogP contribution in [0.4, 0.5) is 4.79 Å². The second kappa shape index (κ2) is 7.42. The second-order valence-corrected chi connectivity index (χ2v) is 3.98. The predicted molar refractivity (Wildman–Crippen MR) is 66.8 cm³/mol. The lowest BCUT2D eigenvalue weighted by atomic mass is 10.4. The summed E-state index contributed by atoms with van der Waals surface area (Å²) in [5, 5.41) is 11.3. The molecule has 0 aliphatic carbocycles. The molecule has 1 rings (SSSR count). The van der Waals surface area contributed by atoms with Gasteiger partial charge in [-0.25, -0.2) is 4.79 Å². The minimum atomic E-state index is -1.07. The number of nitrogens with zero attached hydrogens (tertiary/aromatic N) is 1. The Bertz CT molecular complexity index is 430. The number of hydrogen-bond donors (Lipinski definition) is 2. The quantitative estimate of drug-likeness (QED) is 0.765. The highest BCUT2D eigenvalue weighted by Gasteiger charge is 2.16. The fraction of sp³-hybridized carbons (Fsp3) is 0.500. The van der Waals surface area contributed by atoms with Crippen molar-refractivity contribution in [1.82, 2.24) is 10.2 Å². The van der Waals surface area contributed by atoms with Crippen molar-refractivity contribution in [3.63, 3.8) is 0 Å². The number of rotatable bonds is 7. The van der Waals surface area contributed by atoms with Crippen molar-refractivity contribution in [3.05, 3.63) is 23.7 Å². The molecule has 0 unspecified atom stereocenters. The Kier molecular flexibility index (Phi) is 5.87. The van der Waals surface area contributed by atoms with E-state index < -0.39 is 12.0 Å². The number of aryl methyl sites for hydroxylation is 1. The standard InChI is InChI=1S/C12H18N2O5/c1-9-3-4-10(19-9)7-13-12(17)14(5-6-18-2)8-11(15)16/h3-4H,5-8H2,1-2H3,(H,13,17)(H,15,16). The molecule has 0 aromatic carbocycles. The Morgan fingerprint density at radius 2 is 2.21 bits per heavy atom. The van der Waals surface area contributed by atoms with Crippen LogP contribution in [0.1, 0.15) is 11.5 Å². The van der Waals surface area contributed by atoms with Gasteiger partial charge in [0.05, 0.1) is 13.2 Å². The van der Waals surface area contributed by atoms with Gasteiger partial charge in [0.1, 0.15) is 18.1 Å². The van der Waals surface area contributed by atoms with Crippen LogP contribution in [0.3, 0.4) is 0 Å². The average Bonchev–Trinajstić information content (AvgIpc) is 2.77. The summed E-state index contributed by atoms with van der Waals surface area (Å²) in [4.78, 5) is 23.7. The van der Waals surface area contributed by atoms with E-state index >= 15 is 0 Å². The molecule has 7 nitrogen and oxygen atoms in total. The third-order valence-electron chi connectivity index (χ3n) is 2.39. The Labute approximate surface area is 111 Å². The number of hydrogen-bond acceptors (Lipinski definition) is 4. The van der Waals surface area contributed by atoms with E-state index in [1.165, 1.54) is 12.0 Å². The lowest BCUT2D eigenvalue weighted by Crippen LogP contribution is -2.44. The predicted octanol–water partition coefficient (Wildman–Crippen LogP) is 0.831. The third kappa shape index (κ3) is 5.43. The Hall–Kier alpha value is -2.02. The molecule has 0 bridgehead atoms. The highest BCUT2D eigenvalue weighted by molar-refractivity contribution is 5.80. The van der Waals surface area contributed by atoms with Crippen molar-refractivity contribution in [2.45, 2.75) is 13.5 Å². The first-order valence-electron chi connectivity index (χ1n) is 5.81. The molecule has 0 fully saturated rings. The zero-order chi connectivity index (χ0) is 14.3. The van der Waals surface area contributed by atoms with Gasteiger partial charge in [0.2, 0.25) is 0 Å². The topological polar surface area (TPSA) is 92.0 Å². The number of carboxylic acids is 1.